The Kier molecular flexibility index (Phi) is 2.32. The molecule has 1 heterocycles. The van der Waals surface area contributed by atoms with Gasteiger partial charge < -0.3 is 0 Å². The number of benzene rings is 1. The molecule has 1 aliphatic carbocycles. The first kappa shape index (κ1) is 9.46. The van der Waals surface area contributed by atoms with Gasteiger partial charge in [-0.25, -0.2) is 0 Å². The van der Waals surface area contributed by atoms with Crippen LogP contribution < -0.4 is 0 Å². The number of fused-ring (bicyclic) bond motifs is 1. The molecule has 0 bridgehead atoms. The lowest BCUT2D eigenvalue weighted by Gasteiger charge is -2.06. The van der Waals surface area contributed by atoms with Gasteiger partial charge in [0.1, 0.15) is 11.5 Å². The zero-order valence-electron chi connectivity index (χ0n) is 8.74. The first-order valence-electron chi connectivity index (χ1n) is 5.65. The largest absolute Gasteiger partial charge is 0.288 e. The first-order chi connectivity index (χ1) is 7.36. The molecule has 0 N–H and O–H groups in total. The quantitative estimate of drug-likeness (QED) is 0.662. The number of rotatable bonds is 1. The Morgan fingerprint density at radius 1 is 1.13 bits per heavy atom. The van der Waals surface area contributed by atoms with E-state index in [1.54, 1.807) is 0 Å². The average molecular weight is 219 g/mol. The minimum Gasteiger partial charge on any atom is -0.288 e. The van der Waals surface area contributed by atoms with Gasteiger partial charge in [0, 0.05) is 12.0 Å². The number of ketones is 1. The zero-order chi connectivity index (χ0) is 10.3. The molecule has 15 heavy (non-hydrogen) atoms. The van der Waals surface area contributed by atoms with Gasteiger partial charge in [0.2, 0.25) is 5.78 Å². The SMILES string of the molecule is O=C1c2ccccc2CC1[S+]1CCCC1. The number of carbonyl (C=O) groups is 1. The summed E-state index contributed by atoms with van der Waals surface area (Å²) in [5.74, 6) is 3.02. The van der Waals surface area contributed by atoms with E-state index in [1.165, 1.54) is 29.9 Å². The molecule has 1 nitrogen and oxygen atoms in total. The highest BCUT2D eigenvalue weighted by atomic mass is 32.2. The van der Waals surface area contributed by atoms with Crippen molar-refractivity contribution in [1.82, 2.24) is 0 Å². The highest BCUT2D eigenvalue weighted by Crippen LogP contribution is 2.30. The van der Waals surface area contributed by atoms with Gasteiger partial charge in [-0.3, -0.25) is 4.79 Å². The molecule has 1 aromatic rings. The average Bonchev–Trinajstić information content (AvgIpc) is 2.87. The van der Waals surface area contributed by atoms with Crippen LogP contribution in [0, 0.1) is 0 Å². The predicted octanol–water partition coefficient (Wildman–Crippen LogP) is 2.21. The van der Waals surface area contributed by atoms with Crippen molar-refractivity contribution >= 4 is 16.7 Å². The zero-order valence-corrected chi connectivity index (χ0v) is 9.56. The van der Waals surface area contributed by atoms with Gasteiger partial charge >= 0.3 is 0 Å². The first-order valence-corrected chi connectivity index (χ1v) is 7.27. The van der Waals surface area contributed by atoms with Crippen LogP contribution in [0.5, 0.6) is 0 Å². The van der Waals surface area contributed by atoms with Crippen molar-refractivity contribution in [3.05, 3.63) is 35.4 Å². The van der Waals surface area contributed by atoms with Crippen molar-refractivity contribution in [2.75, 3.05) is 11.5 Å². The molecule has 2 aliphatic rings. The number of hydrogen-bond donors (Lipinski definition) is 0. The van der Waals surface area contributed by atoms with Gasteiger partial charge in [0.15, 0.2) is 5.25 Å². The fourth-order valence-corrected chi connectivity index (χ4v) is 5.40. The Morgan fingerprint density at radius 3 is 2.60 bits per heavy atom. The highest BCUT2D eigenvalue weighted by molar-refractivity contribution is 7.98. The molecule has 2 heteroatoms. The molecule has 0 amide bonds. The van der Waals surface area contributed by atoms with Crippen LogP contribution in [0.3, 0.4) is 0 Å². The van der Waals surface area contributed by atoms with Crippen molar-refractivity contribution in [3.8, 4) is 0 Å². The second kappa shape index (κ2) is 3.67. The standard InChI is InChI=1S/C13H15OS/c14-13-11-6-2-1-5-10(11)9-12(13)15-7-3-4-8-15/h1-2,5-6,12H,3-4,7-9H2/q+1. The maximum Gasteiger partial charge on any atom is 0.215 e. The summed E-state index contributed by atoms with van der Waals surface area (Å²) in [6.45, 7) is 0. The molecule has 1 saturated heterocycles. The lowest BCUT2D eigenvalue weighted by molar-refractivity contribution is 0.0999. The van der Waals surface area contributed by atoms with Crippen molar-refractivity contribution in [2.24, 2.45) is 0 Å². The lowest BCUT2D eigenvalue weighted by Crippen LogP contribution is -2.28. The molecule has 0 saturated carbocycles. The maximum atomic E-state index is 12.2. The van der Waals surface area contributed by atoms with E-state index in [-0.39, 0.29) is 0 Å². The Labute approximate surface area is 93.2 Å². The molecule has 1 aliphatic heterocycles. The normalized spacial score (nSPS) is 25.9. The lowest BCUT2D eigenvalue weighted by atomic mass is 10.1. The molecule has 1 atom stereocenters. The molecular weight excluding hydrogens is 204 g/mol. The number of carbonyl (C=O) groups excluding carboxylic acids is 1. The second-order valence-electron chi connectivity index (χ2n) is 4.37. The molecule has 78 valence electrons. The summed E-state index contributed by atoms with van der Waals surface area (Å²) in [6, 6.07) is 8.15. The molecule has 1 fully saturated rings. The summed E-state index contributed by atoms with van der Waals surface area (Å²) in [7, 11) is 0.391. The minimum absolute atomic E-state index is 0.338. The van der Waals surface area contributed by atoms with E-state index in [4.69, 9.17) is 0 Å². The summed E-state index contributed by atoms with van der Waals surface area (Å²) in [5.41, 5.74) is 2.29. The summed E-state index contributed by atoms with van der Waals surface area (Å²) in [5, 5.41) is 0.338. The van der Waals surface area contributed by atoms with Crippen LogP contribution in [0.15, 0.2) is 24.3 Å². The molecule has 1 aromatic carbocycles. The van der Waals surface area contributed by atoms with Gasteiger partial charge in [0.05, 0.1) is 0 Å². The molecule has 0 aromatic heterocycles. The maximum absolute atomic E-state index is 12.2. The molecular formula is C13H15OS+. The van der Waals surface area contributed by atoms with Crippen LogP contribution in [0.2, 0.25) is 0 Å². The van der Waals surface area contributed by atoms with Crippen LogP contribution in [-0.4, -0.2) is 22.5 Å². The predicted molar refractivity (Wildman–Crippen MR) is 64.6 cm³/mol. The number of Topliss-reactive ketones (excluding diaryl/α,β-unsaturated/α-hetero) is 1. The Hall–Kier alpha value is -0.760. The van der Waals surface area contributed by atoms with Crippen LogP contribution in [0.25, 0.3) is 0 Å². The van der Waals surface area contributed by atoms with Crippen molar-refractivity contribution in [1.29, 1.82) is 0 Å². The fourth-order valence-electron chi connectivity index (χ4n) is 2.64. The summed E-state index contributed by atoms with van der Waals surface area (Å²) in [4.78, 5) is 12.2. The summed E-state index contributed by atoms with van der Waals surface area (Å²) < 4.78 is 0. The number of hydrogen-bond acceptors (Lipinski definition) is 1. The van der Waals surface area contributed by atoms with E-state index in [2.05, 4.69) is 6.07 Å². The van der Waals surface area contributed by atoms with E-state index in [9.17, 15) is 4.79 Å². The Bertz CT molecular complexity index is 393. The van der Waals surface area contributed by atoms with Gasteiger partial charge in [-0.2, -0.15) is 0 Å². The minimum atomic E-state index is 0.338. The van der Waals surface area contributed by atoms with Crippen LogP contribution >= 0.6 is 0 Å². The topological polar surface area (TPSA) is 17.1 Å². The molecule has 1 unspecified atom stereocenters. The van der Waals surface area contributed by atoms with Crippen molar-refractivity contribution in [3.63, 3.8) is 0 Å². The van der Waals surface area contributed by atoms with Crippen molar-refractivity contribution in [2.45, 2.75) is 24.5 Å². The highest BCUT2D eigenvalue weighted by Gasteiger charge is 2.44. The van der Waals surface area contributed by atoms with E-state index < -0.39 is 0 Å². The second-order valence-corrected chi connectivity index (χ2v) is 6.83. The summed E-state index contributed by atoms with van der Waals surface area (Å²) in [6.07, 6.45) is 3.69. The molecule has 3 rings (SSSR count). The summed E-state index contributed by atoms with van der Waals surface area (Å²) >= 11 is 0. The van der Waals surface area contributed by atoms with Crippen LogP contribution in [-0.2, 0) is 17.3 Å². The molecule has 0 spiro atoms. The molecule has 0 radical (unpaired) electrons. The van der Waals surface area contributed by atoms with E-state index in [1.807, 2.05) is 18.2 Å². The third-order valence-electron chi connectivity index (χ3n) is 3.45. The van der Waals surface area contributed by atoms with Gasteiger partial charge in [0.25, 0.3) is 0 Å². The van der Waals surface area contributed by atoms with E-state index in [0.29, 0.717) is 21.9 Å². The third kappa shape index (κ3) is 1.51. The van der Waals surface area contributed by atoms with Gasteiger partial charge in [-0.05, 0) is 29.3 Å². The van der Waals surface area contributed by atoms with Gasteiger partial charge in [-0.15, -0.1) is 0 Å². The van der Waals surface area contributed by atoms with E-state index >= 15 is 0 Å². The van der Waals surface area contributed by atoms with Crippen LogP contribution in [0.1, 0.15) is 28.8 Å². The monoisotopic (exact) mass is 219 g/mol. The Balaban J connectivity index is 1.89. The van der Waals surface area contributed by atoms with E-state index in [0.717, 1.165) is 12.0 Å². The fraction of sp³-hybridized carbons (Fsp3) is 0.462. The van der Waals surface area contributed by atoms with Crippen LogP contribution in [0.4, 0.5) is 0 Å². The smallest absolute Gasteiger partial charge is 0.215 e. The van der Waals surface area contributed by atoms with Crippen molar-refractivity contribution < 1.29 is 4.79 Å². The Morgan fingerprint density at radius 2 is 1.87 bits per heavy atom. The van der Waals surface area contributed by atoms with Gasteiger partial charge in [-0.1, -0.05) is 24.3 Å². The third-order valence-corrected chi connectivity index (χ3v) is 6.26.